The van der Waals surface area contributed by atoms with E-state index in [2.05, 4.69) is 17.0 Å². The molecule has 1 amide bonds. The molecule has 0 bridgehead atoms. The Morgan fingerprint density at radius 1 is 0.947 bits per heavy atom. The van der Waals surface area contributed by atoms with Crippen LogP contribution in [0.3, 0.4) is 0 Å². The van der Waals surface area contributed by atoms with E-state index >= 15 is 0 Å². The highest BCUT2D eigenvalue weighted by atomic mass is 19.1. The van der Waals surface area contributed by atoms with Crippen molar-refractivity contribution in [3.05, 3.63) is 117 Å². The number of nitro benzene ring substituents is 1. The quantitative estimate of drug-likeness (QED) is 0.266. The largest absolute Gasteiger partial charge is 0.353 e. The number of anilines is 1. The molecule has 1 fully saturated rings. The number of hydrogen-bond acceptors (Lipinski definition) is 6. The number of benzene rings is 3. The summed E-state index contributed by atoms with van der Waals surface area (Å²) in [6.07, 6.45) is 0.637. The van der Waals surface area contributed by atoms with E-state index < -0.39 is 4.92 Å². The van der Waals surface area contributed by atoms with Crippen molar-refractivity contribution in [2.24, 2.45) is 0 Å². The van der Waals surface area contributed by atoms with Gasteiger partial charge < -0.3 is 9.80 Å². The van der Waals surface area contributed by atoms with E-state index in [1.54, 1.807) is 23.1 Å². The number of aromatic nitrogens is 2. The maximum absolute atomic E-state index is 14.0. The fourth-order valence-electron chi connectivity index (χ4n) is 4.66. The Morgan fingerprint density at radius 2 is 1.68 bits per heavy atom. The molecule has 9 heteroatoms. The van der Waals surface area contributed by atoms with E-state index in [4.69, 9.17) is 9.97 Å². The zero-order valence-electron chi connectivity index (χ0n) is 20.9. The molecular weight excluding hydrogens is 485 g/mol. The summed E-state index contributed by atoms with van der Waals surface area (Å²) >= 11 is 0. The van der Waals surface area contributed by atoms with Gasteiger partial charge >= 0.3 is 0 Å². The number of piperazine rings is 1. The Bertz CT molecular complexity index is 1490. The molecule has 1 aromatic heterocycles. The topological polar surface area (TPSA) is 92.5 Å². The zero-order valence-corrected chi connectivity index (χ0v) is 20.9. The number of carbonyl (C=O) groups is 1. The highest BCUT2D eigenvalue weighted by Gasteiger charge is 2.26. The lowest BCUT2D eigenvalue weighted by Crippen LogP contribution is -2.49. The minimum Gasteiger partial charge on any atom is -0.353 e. The number of aryl methyl sites for hydroxylation is 1. The van der Waals surface area contributed by atoms with Crippen molar-refractivity contribution in [1.29, 1.82) is 0 Å². The highest BCUT2D eigenvalue weighted by Crippen LogP contribution is 2.29. The molecule has 0 N–H and O–H groups in total. The van der Waals surface area contributed by atoms with Crippen molar-refractivity contribution >= 4 is 17.4 Å². The van der Waals surface area contributed by atoms with Gasteiger partial charge in [-0.2, -0.15) is 0 Å². The molecule has 0 radical (unpaired) electrons. The van der Waals surface area contributed by atoms with Gasteiger partial charge in [-0.05, 0) is 30.7 Å². The van der Waals surface area contributed by atoms with E-state index in [9.17, 15) is 19.3 Å². The summed E-state index contributed by atoms with van der Waals surface area (Å²) in [6.45, 7) is 3.87. The summed E-state index contributed by atoms with van der Waals surface area (Å²) in [5.41, 5.74) is 3.70. The van der Waals surface area contributed by atoms with Crippen LogP contribution in [0.15, 0.2) is 78.9 Å². The Labute approximate surface area is 219 Å². The molecule has 5 rings (SSSR count). The van der Waals surface area contributed by atoms with Crippen molar-refractivity contribution in [2.75, 3.05) is 31.1 Å². The van der Waals surface area contributed by atoms with Crippen LogP contribution in [-0.2, 0) is 6.42 Å². The van der Waals surface area contributed by atoms with Gasteiger partial charge in [0.15, 0.2) is 5.82 Å². The van der Waals surface area contributed by atoms with Crippen LogP contribution in [0.2, 0.25) is 0 Å². The summed E-state index contributed by atoms with van der Waals surface area (Å²) in [7, 11) is 0. The predicted molar refractivity (Wildman–Crippen MR) is 143 cm³/mol. The Kier molecular flexibility index (Phi) is 7.08. The molecular formula is C29H26FN5O3. The normalized spacial score (nSPS) is 13.4. The third-order valence-corrected chi connectivity index (χ3v) is 6.67. The first-order valence-corrected chi connectivity index (χ1v) is 12.3. The number of nitro groups is 1. The van der Waals surface area contributed by atoms with E-state index in [1.807, 2.05) is 25.1 Å². The van der Waals surface area contributed by atoms with Gasteiger partial charge in [-0.3, -0.25) is 14.9 Å². The number of halogens is 1. The summed E-state index contributed by atoms with van der Waals surface area (Å²) in [6, 6.07) is 22.1. The van der Waals surface area contributed by atoms with E-state index in [0.717, 1.165) is 22.6 Å². The van der Waals surface area contributed by atoms with Crippen molar-refractivity contribution in [3.63, 3.8) is 0 Å². The summed E-state index contributed by atoms with van der Waals surface area (Å²) in [5.74, 6) is 0.621. The van der Waals surface area contributed by atoms with Crippen LogP contribution in [0.4, 0.5) is 15.9 Å². The first kappa shape index (κ1) is 25.0. The van der Waals surface area contributed by atoms with Gasteiger partial charge in [-0.1, -0.05) is 48.5 Å². The smallest absolute Gasteiger partial charge is 0.270 e. The van der Waals surface area contributed by atoms with Gasteiger partial charge in [0, 0.05) is 67.1 Å². The second kappa shape index (κ2) is 10.8. The molecule has 0 spiro atoms. The Balaban J connectivity index is 1.43. The number of non-ortho nitro benzene ring substituents is 1. The fourth-order valence-corrected chi connectivity index (χ4v) is 4.66. The molecule has 192 valence electrons. The van der Waals surface area contributed by atoms with Crippen LogP contribution in [0.1, 0.15) is 27.2 Å². The molecule has 0 aliphatic carbocycles. The van der Waals surface area contributed by atoms with Crippen LogP contribution >= 0.6 is 0 Å². The molecule has 1 aliphatic rings. The molecule has 4 aromatic rings. The second-order valence-electron chi connectivity index (χ2n) is 9.19. The van der Waals surface area contributed by atoms with Gasteiger partial charge in [-0.25, -0.2) is 14.4 Å². The number of rotatable bonds is 6. The molecule has 0 unspecified atom stereocenters. The van der Waals surface area contributed by atoms with E-state index in [1.165, 1.54) is 30.3 Å². The van der Waals surface area contributed by atoms with Gasteiger partial charge in [0.05, 0.1) is 4.92 Å². The average molecular weight is 512 g/mol. The highest BCUT2D eigenvalue weighted by molar-refractivity contribution is 5.95. The number of hydrogen-bond donors (Lipinski definition) is 0. The Morgan fingerprint density at radius 3 is 2.39 bits per heavy atom. The van der Waals surface area contributed by atoms with Crippen molar-refractivity contribution < 1.29 is 14.1 Å². The monoisotopic (exact) mass is 511 g/mol. The summed E-state index contributed by atoms with van der Waals surface area (Å²) in [5, 5.41) is 11.1. The van der Waals surface area contributed by atoms with Gasteiger partial charge in [0.25, 0.3) is 11.6 Å². The molecule has 0 saturated carbocycles. The first-order valence-electron chi connectivity index (χ1n) is 12.3. The summed E-state index contributed by atoms with van der Waals surface area (Å²) < 4.78 is 14.0. The molecule has 38 heavy (non-hydrogen) atoms. The third-order valence-electron chi connectivity index (χ3n) is 6.67. The predicted octanol–water partition coefficient (Wildman–Crippen LogP) is 5.05. The number of carbonyl (C=O) groups excluding carboxylic acids is 1. The first-order chi connectivity index (χ1) is 18.4. The molecule has 1 aliphatic heterocycles. The third kappa shape index (κ3) is 5.36. The maximum atomic E-state index is 14.0. The minimum absolute atomic E-state index is 0.110. The van der Waals surface area contributed by atoms with E-state index in [0.29, 0.717) is 49.6 Å². The van der Waals surface area contributed by atoms with Crippen molar-refractivity contribution in [2.45, 2.75) is 13.3 Å². The van der Waals surface area contributed by atoms with Crippen molar-refractivity contribution in [3.8, 4) is 11.4 Å². The molecule has 8 nitrogen and oxygen atoms in total. The lowest BCUT2D eigenvalue weighted by atomic mass is 10.0. The fraction of sp³-hybridized carbons (Fsp3) is 0.207. The second-order valence-corrected chi connectivity index (χ2v) is 9.19. The van der Waals surface area contributed by atoms with E-state index in [-0.39, 0.29) is 17.4 Å². The van der Waals surface area contributed by atoms with Crippen molar-refractivity contribution in [1.82, 2.24) is 14.9 Å². The maximum Gasteiger partial charge on any atom is 0.270 e. The standard InChI is InChI=1S/C29H26FN5O3/c1-20-26(17-21-7-3-2-4-8-21)28(32-27(31-20)22-9-5-11-24(30)18-22)33-13-15-34(16-14-33)29(36)23-10-6-12-25(19-23)35(37)38/h2-12,18-19H,13-17H2,1H3. The Hall–Kier alpha value is -4.66. The van der Waals surface area contributed by atoms with Crippen LogP contribution in [0.25, 0.3) is 11.4 Å². The van der Waals surface area contributed by atoms with Gasteiger partial charge in [0.2, 0.25) is 0 Å². The number of nitrogens with zero attached hydrogens (tertiary/aromatic N) is 5. The number of amides is 1. The van der Waals surface area contributed by atoms with Crippen LogP contribution in [0.5, 0.6) is 0 Å². The van der Waals surface area contributed by atoms with Gasteiger partial charge in [0.1, 0.15) is 11.6 Å². The molecule has 2 heterocycles. The van der Waals surface area contributed by atoms with Gasteiger partial charge in [-0.15, -0.1) is 0 Å². The molecule has 3 aromatic carbocycles. The summed E-state index contributed by atoms with van der Waals surface area (Å²) in [4.78, 5) is 37.1. The lowest BCUT2D eigenvalue weighted by molar-refractivity contribution is -0.384. The average Bonchev–Trinajstić information content (AvgIpc) is 2.94. The minimum atomic E-state index is -0.503. The van der Waals surface area contributed by atoms with Crippen LogP contribution in [0, 0.1) is 22.9 Å². The molecule has 0 atom stereocenters. The SMILES string of the molecule is Cc1nc(-c2cccc(F)c2)nc(N2CCN(C(=O)c3cccc([N+](=O)[O-])c3)CC2)c1Cc1ccccc1. The lowest BCUT2D eigenvalue weighted by Gasteiger charge is -2.36. The van der Waals surface area contributed by atoms with Crippen LogP contribution in [-0.4, -0.2) is 51.9 Å². The van der Waals surface area contributed by atoms with Crippen LogP contribution < -0.4 is 4.90 Å². The zero-order chi connectivity index (χ0) is 26.6. The molecule has 1 saturated heterocycles.